The van der Waals surface area contributed by atoms with Gasteiger partial charge in [0.1, 0.15) is 0 Å². The Labute approximate surface area is 181 Å². The van der Waals surface area contributed by atoms with E-state index in [4.69, 9.17) is 0 Å². The van der Waals surface area contributed by atoms with Gasteiger partial charge in [0.05, 0.1) is 0 Å². The standard InChI is InChI=1S/C24H22BrNO.ClH/c1-26-16-2-3-23(26)19-8-4-17(5-9-19)18-6-10-20(11-7-18)24(27)21-12-14-22(25)15-13-21;/h4-15,23H,2-3,16H2,1H3;1H. The van der Waals surface area contributed by atoms with E-state index in [2.05, 4.69) is 52.1 Å². The zero-order valence-electron chi connectivity index (χ0n) is 15.8. The monoisotopic (exact) mass is 455 g/mol. The zero-order chi connectivity index (χ0) is 18.8. The summed E-state index contributed by atoms with van der Waals surface area (Å²) in [5.74, 6) is 0.0497. The summed E-state index contributed by atoms with van der Waals surface area (Å²) in [5.41, 5.74) is 5.12. The summed E-state index contributed by atoms with van der Waals surface area (Å²) in [6.07, 6.45) is 2.51. The van der Waals surface area contributed by atoms with Crippen LogP contribution in [0.2, 0.25) is 0 Å². The van der Waals surface area contributed by atoms with Crippen LogP contribution >= 0.6 is 28.3 Å². The predicted molar refractivity (Wildman–Crippen MR) is 121 cm³/mol. The Morgan fingerprint density at radius 2 is 1.36 bits per heavy atom. The highest BCUT2D eigenvalue weighted by atomic mass is 79.9. The van der Waals surface area contributed by atoms with Gasteiger partial charge in [-0.1, -0.05) is 64.5 Å². The molecule has 0 spiro atoms. The van der Waals surface area contributed by atoms with Crippen LogP contribution in [0.1, 0.15) is 40.4 Å². The quantitative estimate of drug-likeness (QED) is 0.416. The van der Waals surface area contributed by atoms with E-state index in [-0.39, 0.29) is 18.2 Å². The lowest BCUT2D eigenvalue weighted by Gasteiger charge is -2.20. The van der Waals surface area contributed by atoms with Crippen molar-refractivity contribution in [3.8, 4) is 11.1 Å². The van der Waals surface area contributed by atoms with Gasteiger partial charge in [0, 0.05) is 21.6 Å². The minimum absolute atomic E-state index is 0. The first-order valence-electron chi connectivity index (χ1n) is 9.33. The second-order valence-corrected chi connectivity index (χ2v) is 8.09. The van der Waals surface area contributed by atoms with E-state index < -0.39 is 0 Å². The van der Waals surface area contributed by atoms with Crippen LogP contribution in [-0.2, 0) is 0 Å². The van der Waals surface area contributed by atoms with E-state index >= 15 is 0 Å². The van der Waals surface area contributed by atoms with E-state index in [0.29, 0.717) is 17.2 Å². The third kappa shape index (κ3) is 4.38. The number of carbonyl (C=O) groups excluding carboxylic acids is 1. The second-order valence-electron chi connectivity index (χ2n) is 7.17. The number of carbonyl (C=O) groups is 1. The van der Waals surface area contributed by atoms with Crippen LogP contribution in [0.4, 0.5) is 0 Å². The topological polar surface area (TPSA) is 20.3 Å². The fraction of sp³-hybridized carbons (Fsp3) is 0.208. The summed E-state index contributed by atoms with van der Waals surface area (Å²) < 4.78 is 0.974. The predicted octanol–water partition coefficient (Wildman–Crippen LogP) is 6.54. The summed E-state index contributed by atoms with van der Waals surface area (Å²) in [5, 5.41) is 0. The van der Waals surface area contributed by atoms with Crippen molar-refractivity contribution < 1.29 is 4.79 Å². The van der Waals surface area contributed by atoms with Gasteiger partial charge in [0.2, 0.25) is 0 Å². The van der Waals surface area contributed by atoms with E-state index in [0.717, 1.165) is 10.0 Å². The lowest BCUT2D eigenvalue weighted by atomic mass is 9.97. The van der Waals surface area contributed by atoms with Crippen molar-refractivity contribution >= 4 is 34.1 Å². The van der Waals surface area contributed by atoms with Gasteiger partial charge in [-0.3, -0.25) is 9.69 Å². The molecule has 1 fully saturated rings. The Hall–Kier alpha value is -1.94. The summed E-state index contributed by atoms with van der Waals surface area (Å²) in [6.45, 7) is 1.18. The second kappa shape index (κ2) is 9.04. The Bertz CT molecular complexity index is 936. The van der Waals surface area contributed by atoms with Crippen LogP contribution < -0.4 is 0 Å². The fourth-order valence-electron chi connectivity index (χ4n) is 3.81. The zero-order valence-corrected chi connectivity index (χ0v) is 18.2. The minimum Gasteiger partial charge on any atom is -0.299 e. The largest absolute Gasteiger partial charge is 0.299 e. The highest BCUT2D eigenvalue weighted by Gasteiger charge is 2.22. The molecular weight excluding hydrogens is 434 g/mol. The van der Waals surface area contributed by atoms with Gasteiger partial charge in [-0.2, -0.15) is 0 Å². The van der Waals surface area contributed by atoms with E-state index in [1.165, 1.54) is 30.5 Å². The molecule has 1 unspecified atom stereocenters. The molecule has 28 heavy (non-hydrogen) atoms. The van der Waals surface area contributed by atoms with Crippen molar-refractivity contribution in [2.45, 2.75) is 18.9 Å². The Kier molecular flexibility index (Phi) is 6.71. The first-order chi connectivity index (χ1) is 13.1. The maximum absolute atomic E-state index is 12.6. The molecule has 0 aromatic heterocycles. The molecule has 1 atom stereocenters. The van der Waals surface area contributed by atoms with Crippen molar-refractivity contribution in [1.29, 1.82) is 0 Å². The Balaban J connectivity index is 0.00000225. The number of halogens is 2. The number of hydrogen-bond donors (Lipinski definition) is 0. The lowest BCUT2D eigenvalue weighted by molar-refractivity contribution is 0.103. The molecular formula is C24H23BrClNO. The maximum Gasteiger partial charge on any atom is 0.193 e. The van der Waals surface area contributed by atoms with Crippen LogP contribution in [0.15, 0.2) is 77.3 Å². The fourth-order valence-corrected chi connectivity index (χ4v) is 4.08. The number of benzene rings is 3. The van der Waals surface area contributed by atoms with Crippen molar-refractivity contribution in [3.05, 3.63) is 94.0 Å². The number of hydrogen-bond acceptors (Lipinski definition) is 2. The molecule has 2 nitrogen and oxygen atoms in total. The van der Waals surface area contributed by atoms with Crippen molar-refractivity contribution in [2.75, 3.05) is 13.6 Å². The third-order valence-corrected chi connectivity index (χ3v) is 5.93. The molecule has 4 rings (SSSR count). The summed E-state index contributed by atoms with van der Waals surface area (Å²) in [4.78, 5) is 15.0. The van der Waals surface area contributed by atoms with Crippen LogP contribution in [0.3, 0.4) is 0 Å². The molecule has 0 amide bonds. The average molecular weight is 457 g/mol. The van der Waals surface area contributed by atoms with Gasteiger partial charge in [-0.15, -0.1) is 12.4 Å². The van der Waals surface area contributed by atoms with E-state index in [9.17, 15) is 4.79 Å². The molecule has 1 saturated heterocycles. The molecule has 4 heteroatoms. The van der Waals surface area contributed by atoms with Crippen LogP contribution in [0.5, 0.6) is 0 Å². The summed E-state index contributed by atoms with van der Waals surface area (Å²) in [6, 6.07) is 24.8. The van der Waals surface area contributed by atoms with Crippen LogP contribution in [0, 0.1) is 0 Å². The summed E-state index contributed by atoms with van der Waals surface area (Å²) >= 11 is 3.40. The molecule has 1 heterocycles. The van der Waals surface area contributed by atoms with Gasteiger partial charge < -0.3 is 0 Å². The molecule has 1 aliphatic rings. The number of likely N-dealkylation sites (tertiary alicyclic amines) is 1. The van der Waals surface area contributed by atoms with Gasteiger partial charge in [0.25, 0.3) is 0 Å². The third-order valence-electron chi connectivity index (χ3n) is 5.40. The number of ketones is 1. The number of nitrogens with zero attached hydrogens (tertiary/aromatic N) is 1. The van der Waals surface area contributed by atoms with Gasteiger partial charge in [0.15, 0.2) is 5.78 Å². The molecule has 0 radical (unpaired) electrons. The lowest BCUT2D eigenvalue weighted by Crippen LogP contribution is -2.17. The van der Waals surface area contributed by atoms with Gasteiger partial charge >= 0.3 is 0 Å². The molecule has 3 aromatic rings. The highest BCUT2D eigenvalue weighted by Crippen LogP contribution is 2.31. The molecule has 0 N–H and O–H groups in total. The molecule has 3 aromatic carbocycles. The maximum atomic E-state index is 12.6. The molecule has 0 aliphatic carbocycles. The first-order valence-corrected chi connectivity index (χ1v) is 10.1. The van der Waals surface area contributed by atoms with Crippen molar-refractivity contribution in [3.63, 3.8) is 0 Å². The molecule has 1 aliphatic heterocycles. The van der Waals surface area contributed by atoms with Crippen molar-refractivity contribution in [2.24, 2.45) is 0 Å². The van der Waals surface area contributed by atoms with E-state index in [1.54, 1.807) is 0 Å². The summed E-state index contributed by atoms with van der Waals surface area (Å²) in [7, 11) is 2.20. The van der Waals surface area contributed by atoms with Crippen LogP contribution in [-0.4, -0.2) is 24.3 Å². The Morgan fingerprint density at radius 1 is 0.857 bits per heavy atom. The Morgan fingerprint density at radius 3 is 1.86 bits per heavy atom. The van der Waals surface area contributed by atoms with Crippen molar-refractivity contribution in [1.82, 2.24) is 4.90 Å². The normalized spacial score (nSPS) is 16.6. The molecule has 0 bridgehead atoms. The number of rotatable bonds is 4. The highest BCUT2D eigenvalue weighted by molar-refractivity contribution is 9.10. The minimum atomic E-state index is 0. The molecule has 0 saturated carbocycles. The average Bonchev–Trinajstić information content (AvgIpc) is 3.14. The van der Waals surface area contributed by atoms with E-state index in [1.807, 2.05) is 48.5 Å². The smallest absolute Gasteiger partial charge is 0.193 e. The SMILES string of the molecule is CN1CCCC1c1ccc(-c2ccc(C(=O)c3ccc(Br)cc3)cc2)cc1.Cl. The molecule has 144 valence electrons. The van der Waals surface area contributed by atoms with Gasteiger partial charge in [-0.05, 0) is 67.4 Å². The van der Waals surface area contributed by atoms with Gasteiger partial charge in [-0.25, -0.2) is 0 Å². The van der Waals surface area contributed by atoms with Crippen LogP contribution in [0.25, 0.3) is 11.1 Å². The first kappa shape index (κ1) is 20.8.